The number of fused-ring (bicyclic) bond motifs is 1. The standard InChI is InChI=1S/C17H23NO4/c1-10-8-18(9-14(10)19)17(20)13-4-11-6-15(21-2)16(22-3)7-12(11)5-13/h6-7,10,13-14,19H,4-5,8-9H2,1-3H3/t10-,14-/m1/s1. The number of nitrogens with zero attached hydrogens (tertiary/aromatic N) is 1. The summed E-state index contributed by atoms with van der Waals surface area (Å²) in [5, 5.41) is 9.84. The summed E-state index contributed by atoms with van der Waals surface area (Å²) in [5.41, 5.74) is 2.31. The van der Waals surface area contributed by atoms with Crippen molar-refractivity contribution in [2.24, 2.45) is 11.8 Å². The lowest BCUT2D eigenvalue weighted by atomic mass is 10.1. The number of carbonyl (C=O) groups excluding carboxylic acids is 1. The van der Waals surface area contributed by atoms with E-state index in [0.29, 0.717) is 24.6 Å². The quantitative estimate of drug-likeness (QED) is 0.913. The van der Waals surface area contributed by atoms with Crippen molar-refractivity contribution in [3.8, 4) is 11.5 Å². The molecule has 1 saturated heterocycles. The molecule has 1 aromatic rings. The van der Waals surface area contributed by atoms with Crippen LogP contribution in [0.2, 0.25) is 0 Å². The highest BCUT2D eigenvalue weighted by atomic mass is 16.5. The van der Waals surface area contributed by atoms with Crippen molar-refractivity contribution < 1.29 is 19.4 Å². The number of amides is 1. The van der Waals surface area contributed by atoms with E-state index in [1.807, 2.05) is 19.1 Å². The van der Waals surface area contributed by atoms with Crippen LogP contribution in [0.25, 0.3) is 0 Å². The second kappa shape index (κ2) is 5.80. The van der Waals surface area contributed by atoms with Crippen molar-refractivity contribution >= 4 is 5.91 Å². The summed E-state index contributed by atoms with van der Waals surface area (Å²) in [6, 6.07) is 3.95. The van der Waals surface area contributed by atoms with Gasteiger partial charge in [0, 0.05) is 24.9 Å². The number of aliphatic hydroxyl groups is 1. The first-order chi connectivity index (χ1) is 10.5. The molecule has 1 amide bonds. The zero-order chi connectivity index (χ0) is 15.9. The van der Waals surface area contributed by atoms with E-state index >= 15 is 0 Å². The minimum atomic E-state index is -0.395. The van der Waals surface area contributed by atoms with Gasteiger partial charge in [0.25, 0.3) is 0 Å². The molecule has 1 fully saturated rings. The average molecular weight is 305 g/mol. The predicted molar refractivity (Wildman–Crippen MR) is 82.2 cm³/mol. The largest absolute Gasteiger partial charge is 0.493 e. The third-order valence-corrected chi connectivity index (χ3v) is 4.87. The molecule has 22 heavy (non-hydrogen) atoms. The van der Waals surface area contributed by atoms with Crippen LogP contribution in [-0.4, -0.2) is 49.3 Å². The Labute approximate surface area is 130 Å². The van der Waals surface area contributed by atoms with Crippen molar-refractivity contribution in [1.82, 2.24) is 4.90 Å². The van der Waals surface area contributed by atoms with Crippen molar-refractivity contribution in [1.29, 1.82) is 0 Å². The van der Waals surface area contributed by atoms with Crippen LogP contribution in [-0.2, 0) is 17.6 Å². The third-order valence-electron chi connectivity index (χ3n) is 4.87. The van der Waals surface area contributed by atoms with Crippen LogP contribution in [0.4, 0.5) is 0 Å². The van der Waals surface area contributed by atoms with Crippen molar-refractivity contribution in [2.75, 3.05) is 27.3 Å². The molecule has 2 atom stereocenters. The van der Waals surface area contributed by atoms with Gasteiger partial charge < -0.3 is 19.5 Å². The minimum Gasteiger partial charge on any atom is -0.493 e. The van der Waals surface area contributed by atoms with Crippen molar-refractivity contribution in [3.63, 3.8) is 0 Å². The molecule has 1 heterocycles. The molecule has 0 radical (unpaired) electrons. The molecule has 0 bridgehead atoms. The van der Waals surface area contributed by atoms with E-state index in [0.717, 1.165) is 24.0 Å². The Morgan fingerprint density at radius 3 is 2.09 bits per heavy atom. The Kier molecular flexibility index (Phi) is 4.00. The van der Waals surface area contributed by atoms with E-state index in [9.17, 15) is 9.90 Å². The zero-order valence-corrected chi connectivity index (χ0v) is 13.3. The highest BCUT2D eigenvalue weighted by Crippen LogP contribution is 2.37. The molecule has 0 spiro atoms. The summed E-state index contributed by atoms with van der Waals surface area (Å²) < 4.78 is 10.7. The monoisotopic (exact) mass is 305 g/mol. The fourth-order valence-corrected chi connectivity index (χ4v) is 3.51. The number of ether oxygens (including phenoxy) is 2. The SMILES string of the molecule is COc1cc2c(cc1OC)CC(C(=O)N1C[C@@H](C)[C@H](O)C1)C2. The number of likely N-dealkylation sites (tertiary alicyclic amines) is 1. The number of rotatable bonds is 3. The van der Waals surface area contributed by atoms with Crippen LogP contribution < -0.4 is 9.47 Å². The molecule has 5 nitrogen and oxygen atoms in total. The normalized spacial score (nSPS) is 24.5. The molecule has 3 rings (SSSR count). The Balaban J connectivity index is 1.75. The first kappa shape index (κ1) is 15.2. The van der Waals surface area contributed by atoms with Gasteiger partial charge in [-0.15, -0.1) is 0 Å². The maximum absolute atomic E-state index is 12.7. The summed E-state index contributed by atoms with van der Waals surface area (Å²) >= 11 is 0. The van der Waals surface area contributed by atoms with E-state index < -0.39 is 6.10 Å². The summed E-state index contributed by atoms with van der Waals surface area (Å²) in [6.45, 7) is 3.09. The second-order valence-corrected chi connectivity index (χ2v) is 6.37. The first-order valence-electron chi connectivity index (χ1n) is 7.74. The lowest BCUT2D eigenvalue weighted by Gasteiger charge is -2.19. The molecule has 120 valence electrons. The predicted octanol–water partition coefficient (Wildman–Crippen LogP) is 1.26. The van der Waals surface area contributed by atoms with E-state index in [1.165, 1.54) is 0 Å². The molecule has 1 aliphatic heterocycles. The molecule has 5 heteroatoms. The first-order valence-corrected chi connectivity index (χ1v) is 7.74. The average Bonchev–Trinajstić information content (AvgIpc) is 3.08. The van der Waals surface area contributed by atoms with E-state index in [-0.39, 0.29) is 17.7 Å². The molecule has 1 aliphatic carbocycles. The smallest absolute Gasteiger partial charge is 0.226 e. The van der Waals surface area contributed by atoms with Gasteiger partial charge in [0.15, 0.2) is 11.5 Å². The number of methoxy groups -OCH3 is 2. The number of aliphatic hydroxyl groups excluding tert-OH is 1. The number of β-amino-alcohol motifs (C(OH)–C–C–N with tert-alkyl or cyclic N) is 1. The summed E-state index contributed by atoms with van der Waals surface area (Å²) in [7, 11) is 3.24. The van der Waals surface area contributed by atoms with Gasteiger partial charge >= 0.3 is 0 Å². The number of hydrogen-bond donors (Lipinski definition) is 1. The van der Waals surface area contributed by atoms with Crippen molar-refractivity contribution in [3.05, 3.63) is 23.3 Å². The summed E-state index contributed by atoms with van der Waals surface area (Å²) in [6.07, 6.45) is 1.07. The Morgan fingerprint density at radius 1 is 1.14 bits per heavy atom. The molecular formula is C17H23NO4. The fourth-order valence-electron chi connectivity index (χ4n) is 3.51. The van der Waals surface area contributed by atoms with Crippen LogP contribution in [0.5, 0.6) is 11.5 Å². The van der Waals surface area contributed by atoms with E-state index in [4.69, 9.17) is 9.47 Å². The van der Waals surface area contributed by atoms with Crippen molar-refractivity contribution in [2.45, 2.75) is 25.9 Å². The molecule has 1 N–H and O–H groups in total. The van der Waals surface area contributed by atoms with Crippen LogP contribution in [0, 0.1) is 11.8 Å². The Hall–Kier alpha value is -1.75. The molecule has 1 aromatic carbocycles. The topological polar surface area (TPSA) is 59.0 Å². The summed E-state index contributed by atoms with van der Waals surface area (Å²) in [5.74, 6) is 1.69. The Morgan fingerprint density at radius 2 is 1.68 bits per heavy atom. The highest BCUT2D eigenvalue weighted by Gasteiger charge is 2.37. The maximum Gasteiger partial charge on any atom is 0.226 e. The van der Waals surface area contributed by atoms with Gasteiger partial charge in [0.2, 0.25) is 5.91 Å². The molecule has 0 saturated carbocycles. The maximum atomic E-state index is 12.7. The van der Waals surface area contributed by atoms with Gasteiger partial charge in [-0.2, -0.15) is 0 Å². The van der Waals surface area contributed by atoms with Gasteiger partial charge in [-0.05, 0) is 36.1 Å². The van der Waals surface area contributed by atoms with E-state index in [1.54, 1.807) is 19.1 Å². The lowest BCUT2D eigenvalue weighted by Crippen LogP contribution is -2.35. The highest BCUT2D eigenvalue weighted by molar-refractivity contribution is 5.81. The molecule has 2 aliphatic rings. The van der Waals surface area contributed by atoms with Gasteiger partial charge in [0.05, 0.1) is 20.3 Å². The third kappa shape index (κ3) is 2.54. The van der Waals surface area contributed by atoms with Gasteiger partial charge in [-0.1, -0.05) is 6.92 Å². The van der Waals surface area contributed by atoms with Gasteiger partial charge in [-0.3, -0.25) is 4.79 Å². The molecule has 0 aromatic heterocycles. The molecular weight excluding hydrogens is 282 g/mol. The van der Waals surface area contributed by atoms with Crippen LogP contribution in [0.3, 0.4) is 0 Å². The zero-order valence-electron chi connectivity index (χ0n) is 13.3. The lowest BCUT2D eigenvalue weighted by molar-refractivity contribution is -0.134. The van der Waals surface area contributed by atoms with Crippen LogP contribution in [0.15, 0.2) is 12.1 Å². The van der Waals surface area contributed by atoms with E-state index in [2.05, 4.69) is 0 Å². The molecule has 0 unspecified atom stereocenters. The number of carbonyl (C=O) groups is 1. The second-order valence-electron chi connectivity index (χ2n) is 6.37. The number of hydrogen-bond acceptors (Lipinski definition) is 4. The van der Waals surface area contributed by atoms with Crippen LogP contribution in [0.1, 0.15) is 18.1 Å². The van der Waals surface area contributed by atoms with Gasteiger partial charge in [-0.25, -0.2) is 0 Å². The van der Waals surface area contributed by atoms with Gasteiger partial charge in [0.1, 0.15) is 0 Å². The number of benzene rings is 1. The summed E-state index contributed by atoms with van der Waals surface area (Å²) in [4.78, 5) is 14.5. The Bertz CT molecular complexity index is 543. The van der Waals surface area contributed by atoms with Crippen LogP contribution >= 0.6 is 0 Å². The minimum absolute atomic E-state index is 0.0377. The fraction of sp³-hybridized carbons (Fsp3) is 0.588.